The lowest BCUT2D eigenvalue weighted by atomic mass is 9.60. The van der Waals surface area contributed by atoms with Crippen molar-refractivity contribution < 1.29 is 4.79 Å². The highest BCUT2D eigenvalue weighted by Gasteiger charge is 2.46. The minimum Gasteiger partial charge on any atom is -0.340 e. The first-order chi connectivity index (χ1) is 8.73. The molecule has 3 unspecified atom stereocenters. The van der Waals surface area contributed by atoms with Gasteiger partial charge in [-0.3, -0.25) is 4.79 Å². The van der Waals surface area contributed by atoms with Gasteiger partial charge >= 0.3 is 0 Å². The van der Waals surface area contributed by atoms with Gasteiger partial charge in [0.2, 0.25) is 5.91 Å². The number of carbonyl (C=O) groups excluding carboxylic acids is 1. The Kier molecular flexibility index (Phi) is 5.43. The predicted octanol–water partition coefficient (Wildman–Crippen LogP) is 3.03. The number of hydrogen-bond acceptors (Lipinski definition) is 2. The van der Waals surface area contributed by atoms with Crippen molar-refractivity contribution in [1.82, 2.24) is 4.90 Å². The largest absolute Gasteiger partial charge is 0.340 e. The van der Waals surface area contributed by atoms with Crippen molar-refractivity contribution >= 4 is 5.91 Å². The van der Waals surface area contributed by atoms with Crippen LogP contribution in [0.25, 0.3) is 0 Å². The van der Waals surface area contributed by atoms with E-state index in [0.717, 1.165) is 25.8 Å². The third-order valence-corrected chi connectivity index (χ3v) is 5.17. The molecule has 0 spiro atoms. The van der Waals surface area contributed by atoms with E-state index in [1.807, 2.05) is 0 Å². The fraction of sp³-hybridized carbons (Fsp3) is 0.938. The van der Waals surface area contributed by atoms with Crippen molar-refractivity contribution in [3.05, 3.63) is 0 Å². The Hall–Kier alpha value is -0.570. The van der Waals surface area contributed by atoms with E-state index in [1.54, 1.807) is 0 Å². The summed E-state index contributed by atoms with van der Waals surface area (Å²) in [5, 5.41) is 0. The van der Waals surface area contributed by atoms with E-state index in [1.165, 1.54) is 0 Å². The molecule has 3 nitrogen and oxygen atoms in total. The molecule has 0 aromatic rings. The molecular weight excluding hydrogens is 236 g/mol. The molecule has 0 aromatic carbocycles. The van der Waals surface area contributed by atoms with Crippen LogP contribution in [-0.4, -0.2) is 29.4 Å². The lowest BCUT2D eigenvalue weighted by Gasteiger charge is -2.47. The fourth-order valence-electron chi connectivity index (χ4n) is 3.36. The van der Waals surface area contributed by atoms with Crippen LogP contribution in [0.1, 0.15) is 60.8 Å². The van der Waals surface area contributed by atoms with Crippen LogP contribution in [0.5, 0.6) is 0 Å². The summed E-state index contributed by atoms with van der Waals surface area (Å²) in [4.78, 5) is 14.9. The molecule has 3 atom stereocenters. The van der Waals surface area contributed by atoms with Gasteiger partial charge < -0.3 is 10.6 Å². The van der Waals surface area contributed by atoms with E-state index in [0.29, 0.717) is 11.8 Å². The van der Waals surface area contributed by atoms with Gasteiger partial charge in [0.25, 0.3) is 0 Å². The van der Waals surface area contributed by atoms with E-state index in [2.05, 4.69) is 46.4 Å². The quantitative estimate of drug-likeness (QED) is 0.852. The first-order valence-corrected chi connectivity index (χ1v) is 7.79. The highest BCUT2D eigenvalue weighted by atomic mass is 16.2. The molecule has 1 rings (SSSR count). The molecule has 1 saturated carbocycles. The maximum atomic E-state index is 12.9. The third kappa shape index (κ3) is 3.31. The molecule has 1 fully saturated rings. The summed E-state index contributed by atoms with van der Waals surface area (Å²) in [6.07, 6.45) is 2.93. The van der Waals surface area contributed by atoms with Gasteiger partial charge in [0.1, 0.15) is 0 Å². The van der Waals surface area contributed by atoms with Gasteiger partial charge in [0.15, 0.2) is 0 Å². The Morgan fingerprint density at radius 2 is 1.95 bits per heavy atom. The minimum absolute atomic E-state index is 0.00433. The molecule has 112 valence electrons. The monoisotopic (exact) mass is 268 g/mol. The molecule has 0 radical (unpaired) electrons. The smallest absolute Gasteiger partial charge is 0.226 e. The predicted molar refractivity (Wildman–Crippen MR) is 80.8 cm³/mol. The zero-order valence-corrected chi connectivity index (χ0v) is 13.6. The number of nitrogens with two attached hydrogens (primary N) is 1. The molecule has 1 amide bonds. The normalized spacial score (nSPS) is 30.4. The Morgan fingerprint density at radius 3 is 2.42 bits per heavy atom. The van der Waals surface area contributed by atoms with Gasteiger partial charge in [-0.1, -0.05) is 27.7 Å². The van der Waals surface area contributed by atoms with Crippen molar-refractivity contribution in [2.45, 2.75) is 72.9 Å². The van der Waals surface area contributed by atoms with Gasteiger partial charge in [-0.15, -0.1) is 0 Å². The molecule has 0 bridgehead atoms. The molecule has 0 aromatic heterocycles. The van der Waals surface area contributed by atoms with Crippen LogP contribution in [0.2, 0.25) is 0 Å². The Bertz CT molecular complexity index is 312. The van der Waals surface area contributed by atoms with E-state index in [4.69, 9.17) is 5.73 Å². The highest BCUT2D eigenvalue weighted by molar-refractivity contribution is 5.80. The minimum atomic E-state index is -0.00433. The van der Waals surface area contributed by atoms with E-state index < -0.39 is 0 Å². The summed E-state index contributed by atoms with van der Waals surface area (Å²) in [5.41, 5.74) is 6.18. The SMILES string of the molecule is CCCN(C(=O)C1CCC(N)C(C)C1(C)C)C(C)C. The van der Waals surface area contributed by atoms with Gasteiger partial charge in [-0.2, -0.15) is 0 Å². The summed E-state index contributed by atoms with van der Waals surface area (Å²) in [5.74, 6) is 0.850. The topological polar surface area (TPSA) is 46.3 Å². The molecule has 0 aliphatic heterocycles. The highest BCUT2D eigenvalue weighted by Crippen LogP contribution is 2.45. The third-order valence-electron chi connectivity index (χ3n) is 5.17. The summed E-state index contributed by atoms with van der Waals surface area (Å²) >= 11 is 0. The molecule has 0 saturated heterocycles. The second-order valence-electron chi connectivity index (χ2n) is 7.03. The maximum Gasteiger partial charge on any atom is 0.226 e. The second kappa shape index (κ2) is 6.25. The van der Waals surface area contributed by atoms with Gasteiger partial charge in [-0.05, 0) is 44.4 Å². The first kappa shape index (κ1) is 16.5. The van der Waals surface area contributed by atoms with Crippen molar-refractivity contribution in [3.63, 3.8) is 0 Å². The fourth-order valence-corrected chi connectivity index (χ4v) is 3.36. The van der Waals surface area contributed by atoms with Crippen LogP contribution in [0.4, 0.5) is 0 Å². The average molecular weight is 268 g/mol. The van der Waals surface area contributed by atoms with Crippen LogP contribution in [0.3, 0.4) is 0 Å². The van der Waals surface area contributed by atoms with Crippen molar-refractivity contribution in [2.24, 2.45) is 23.0 Å². The second-order valence-corrected chi connectivity index (χ2v) is 7.03. The molecule has 1 aliphatic carbocycles. The lowest BCUT2D eigenvalue weighted by Crippen LogP contribution is -2.53. The standard InChI is InChI=1S/C16H32N2O/c1-7-10-18(11(2)3)15(19)13-8-9-14(17)12(4)16(13,5)6/h11-14H,7-10,17H2,1-6H3. The number of rotatable bonds is 4. The van der Waals surface area contributed by atoms with Crippen molar-refractivity contribution in [2.75, 3.05) is 6.54 Å². The van der Waals surface area contributed by atoms with E-state index in [-0.39, 0.29) is 23.4 Å². The van der Waals surface area contributed by atoms with Crippen LogP contribution >= 0.6 is 0 Å². The Balaban J connectivity index is 2.91. The molecular formula is C16H32N2O. The number of nitrogens with zero attached hydrogens (tertiary/aromatic N) is 1. The lowest BCUT2D eigenvalue weighted by molar-refractivity contribution is -0.145. The summed E-state index contributed by atoms with van der Waals surface area (Å²) in [7, 11) is 0. The molecule has 3 heteroatoms. The van der Waals surface area contributed by atoms with Crippen LogP contribution < -0.4 is 5.73 Å². The number of amides is 1. The molecule has 0 heterocycles. The van der Waals surface area contributed by atoms with Gasteiger partial charge in [-0.25, -0.2) is 0 Å². The van der Waals surface area contributed by atoms with Crippen LogP contribution in [0, 0.1) is 17.3 Å². The molecule has 1 aliphatic rings. The summed E-state index contributed by atoms with van der Waals surface area (Å²) in [6.45, 7) is 13.8. The maximum absolute atomic E-state index is 12.9. The number of hydrogen-bond donors (Lipinski definition) is 1. The van der Waals surface area contributed by atoms with Crippen molar-refractivity contribution in [1.29, 1.82) is 0 Å². The van der Waals surface area contributed by atoms with Gasteiger partial charge in [0.05, 0.1) is 0 Å². The zero-order valence-electron chi connectivity index (χ0n) is 13.6. The van der Waals surface area contributed by atoms with Crippen LogP contribution in [0.15, 0.2) is 0 Å². The van der Waals surface area contributed by atoms with Crippen LogP contribution in [-0.2, 0) is 4.79 Å². The number of carbonyl (C=O) groups is 1. The average Bonchev–Trinajstić information content (AvgIpc) is 2.32. The van der Waals surface area contributed by atoms with Crippen molar-refractivity contribution in [3.8, 4) is 0 Å². The first-order valence-electron chi connectivity index (χ1n) is 7.79. The molecule has 2 N–H and O–H groups in total. The Labute approximate surface area is 118 Å². The van der Waals surface area contributed by atoms with Gasteiger partial charge in [0, 0.05) is 24.5 Å². The van der Waals surface area contributed by atoms with E-state index in [9.17, 15) is 4.79 Å². The molecule has 19 heavy (non-hydrogen) atoms. The summed E-state index contributed by atoms with van der Waals surface area (Å²) < 4.78 is 0. The zero-order chi connectivity index (χ0) is 14.8. The summed E-state index contributed by atoms with van der Waals surface area (Å²) in [6, 6.07) is 0.520. The van der Waals surface area contributed by atoms with E-state index >= 15 is 0 Å². The Morgan fingerprint density at radius 1 is 1.37 bits per heavy atom.